The lowest BCUT2D eigenvalue weighted by Crippen LogP contribution is -2.38. The molecule has 0 unspecified atom stereocenters. The van der Waals surface area contributed by atoms with Crippen molar-refractivity contribution in [2.75, 3.05) is 23.7 Å². The van der Waals surface area contributed by atoms with E-state index in [9.17, 15) is 14.4 Å². The van der Waals surface area contributed by atoms with Crippen molar-refractivity contribution in [1.82, 2.24) is 4.90 Å². The Morgan fingerprint density at radius 3 is 2.17 bits per heavy atom. The van der Waals surface area contributed by atoms with E-state index in [0.717, 1.165) is 12.8 Å². The Bertz CT molecular complexity index is 907. The first-order valence-electron chi connectivity index (χ1n) is 9.33. The Labute approximate surface area is 179 Å². The standard InChI is InChI=1S/C21H21Cl2N3O3/c1-2-26(12-18(27)25-19-16(22)4-3-5-17(19)23)21(29)14-8-10-15(11-9-14)24-20(28)13-6-7-13/h3-5,8-11,13H,2,6-7,12H2,1H3,(H,24,28)(H,25,27). The molecule has 2 aromatic rings. The molecule has 0 radical (unpaired) electrons. The Morgan fingerprint density at radius 2 is 1.62 bits per heavy atom. The minimum atomic E-state index is -0.400. The number of rotatable bonds is 7. The van der Waals surface area contributed by atoms with E-state index in [4.69, 9.17) is 23.2 Å². The molecule has 152 valence electrons. The number of carbonyl (C=O) groups is 3. The number of halogens is 2. The van der Waals surface area contributed by atoms with Crippen LogP contribution >= 0.6 is 23.2 Å². The summed E-state index contributed by atoms with van der Waals surface area (Å²) in [6.45, 7) is 2.00. The maximum Gasteiger partial charge on any atom is 0.254 e. The summed E-state index contributed by atoms with van der Waals surface area (Å²) in [5, 5.41) is 6.13. The number of likely N-dealkylation sites (N-methyl/N-ethyl adjacent to an activating group) is 1. The van der Waals surface area contributed by atoms with E-state index < -0.39 is 5.91 Å². The van der Waals surface area contributed by atoms with E-state index in [1.165, 1.54) is 4.90 Å². The van der Waals surface area contributed by atoms with Gasteiger partial charge < -0.3 is 15.5 Å². The van der Waals surface area contributed by atoms with E-state index in [2.05, 4.69) is 10.6 Å². The van der Waals surface area contributed by atoms with Crippen LogP contribution in [0.2, 0.25) is 10.0 Å². The Hall–Kier alpha value is -2.57. The Kier molecular flexibility index (Phi) is 6.77. The summed E-state index contributed by atoms with van der Waals surface area (Å²) in [6, 6.07) is 11.6. The number of hydrogen-bond donors (Lipinski definition) is 2. The first-order chi connectivity index (χ1) is 13.9. The molecule has 1 aliphatic rings. The molecule has 6 nitrogen and oxygen atoms in total. The van der Waals surface area contributed by atoms with E-state index in [1.807, 2.05) is 0 Å². The van der Waals surface area contributed by atoms with Crippen LogP contribution in [0.15, 0.2) is 42.5 Å². The Balaban J connectivity index is 1.62. The lowest BCUT2D eigenvalue weighted by Gasteiger charge is -2.21. The predicted molar refractivity (Wildman–Crippen MR) is 114 cm³/mol. The summed E-state index contributed by atoms with van der Waals surface area (Å²) < 4.78 is 0. The highest BCUT2D eigenvalue weighted by molar-refractivity contribution is 6.39. The van der Waals surface area contributed by atoms with Crippen LogP contribution in [0, 0.1) is 5.92 Å². The maximum atomic E-state index is 12.8. The van der Waals surface area contributed by atoms with Crippen molar-refractivity contribution in [3.05, 3.63) is 58.1 Å². The van der Waals surface area contributed by atoms with Gasteiger partial charge in [-0.05, 0) is 56.2 Å². The van der Waals surface area contributed by atoms with Crippen LogP contribution in [0.25, 0.3) is 0 Å². The smallest absolute Gasteiger partial charge is 0.254 e. The zero-order valence-corrected chi connectivity index (χ0v) is 17.4. The molecule has 1 fully saturated rings. The molecule has 0 saturated heterocycles. The molecule has 2 aromatic carbocycles. The van der Waals surface area contributed by atoms with Gasteiger partial charge in [0.25, 0.3) is 5.91 Å². The average molecular weight is 434 g/mol. The number of para-hydroxylation sites is 1. The van der Waals surface area contributed by atoms with Crippen LogP contribution in [-0.4, -0.2) is 35.7 Å². The van der Waals surface area contributed by atoms with Crippen LogP contribution in [-0.2, 0) is 9.59 Å². The van der Waals surface area contributed by atoms with Crippen LogP contribution < -0.4 is 10.6 Å². The van der Waals surface area contributed by atoms with Gasteiger partial charge >= 0.3 is 0 Å². The van der Waals surface area contributed by atoms with Crippen LogP contribution in [0.3, 0.4) is 0 Å². The normalized spacial score (nSPS) is 12.9. The number of carbonyl (C=O) groups excluding carboxylic acids is 3. The molecule has 0 atom stereocenters. The summed E-state index contributed by atoms with van der Waals surface area (Å²) in [7, 11) is 0. The summed E-state index contributed by atoms with van der Waals surface area (Å²) in [5.74, 6) is -0.567. The first kappa shape index (κ1) is 21.1. The van der Waals surface area contributed by atoms with Gasteiger partial charge in [-0.2, -0.15) is 0 Å². The molecule has 0 heterocycles. The molecule has 0 spiro atoms. The monoisotopic (exact) mass is 433 g/mol. The molecule has 0 bridgehead atoms. The highest BCUT2D eigenvalue weighted by atomic mass is 35.5. The second-order valence-electron chi connectivity index (χ2n) is 6.81. The van der Waals surface area contributed by atoms with Crippen molar-refractivity contribution in [1.29, 1.82) is 0 Å². The van der Waals surface area contributed by atoms with Gasteiger partial charge in [-0.15, -0.1) is 0 Å². The van der Waals surface area contributed by atoms with Crippen molar-refractivity contribution in [2.24, 2.45) is 5.92 Å². The van der Waals surface area contributed by atoms with Gasteiger partial charge in [-0.3, -0.25) is 14.4 Å². The van der Waals surface area contributed by atoms with Crippen molar-refractivity contribution in [2.45, 2.75) is 19.8 Å². The van der Waals surface area contributed by atoms with E-state index in [0.29, 0.717) is 33.5 Å². The number of nitrogens with zero attached hydrogens (tertiary/aromatic N) is 1. The fourth-order valence-corrected chi connectivity index (χ4v) is 3.26. The second kappa shape index (κ2) is 9.29. The van der Waals surface area contributed by atoms with E-state index >= 15 is 0 Å². The first-order valence-corrected chi connectivity index (χ1v) is 10.1. The molecule has 1 aliphatic carbocycles. The zero-order chi connectivity index (χ0) is 21.0. The summed E-state index contributed by atoms with van der Waals surface area (Å²) >= 11 is 12.1. The third-order valence-corrected chi connectivity index (χ3v) is 5.21. The van der Waals surface area contributed by atoms with Gasteiger partial charge in [0.15, 0.2) is 0 Å². The number of nitrogens with one attached hydrogen (secondary N) is 2. The fraction of sp³-hybridized carbons (Fsp3) is 0.286. The highest BCUT2D eigenvalue weighted by Crippen LogP contribution is 2.30. The van der Waals surface area contributed by atoms with Crippen LogP contribution in [0.5, 0.6) is 0 Å². The number of anilines is 2. The van der Waals surface area contributed by atoms with E-state index in [1.54, 1.807) is 49.4 Å². The molecular formula is C21H21Cl2N3O3. The van der Waals surface area contributed by atoms with Gasteiger partial charge in [0.1, 0.15) is 6.54 Å². The molecule has 8 heteroatoms. The van der Waals surface area contributed by atoms with E-state index in [-0.39, 0.29) is 24.3 Å². The second-order valence-corrected chi connectivity index (χ2v) is 7.62. The number of benzene rings is 2. The number of amides is 3. The van der Waals surface area contributed by atoms with Gasteiger partial charge in [0.2, 0.25) is 11.8 Å². The molecule has 0 aromatic heterocycles. The summed E-state index contributed by atoms with van der Waals surface area (Å²) in [4.78, 5) is 38.4. The molecule has 29 heavy (non-hydrogen) atoms. The molecular weight excluding hydrogens is 413 g/mol. The Morgan fingerprint density at radius 1 is 1.00 bits per heavy atom. The lowest BCUT2D eigenvalue weighted by atomic mass is 10.1. The SMILES string of the molecule is CCN(CC(=O)Nc1c(Cl)cccc1Cl)C(=O)c1ccc(NC(=O)C2CC2)cc1. The quantitative estimate of drug-likeness (QED) is 0.676. The topological polar surface area (TPSA) is 78.5 Å². The van der Waals surface area contributed by atoms with Crippen LogP contribution in [0.1, 0.15) is 30.1 Å². The average Bonchev–Trinajstić information content (AvgIpc) is 3.54. The van der Waals surface area contributed by atoms with Crippen molar-refractivity contribution < 1.29 is 14.4 Å². The third kappa shape index (κ3) is 5.49. The van der Waals surface area contributed by atoms with Crippen molar-refractivity contribution in [3.8, 4) is 0 Å². The van der Waals surface area contributed by atoms with Crippen LogP contribution in [0.4, 0.5) is 11.4 Å². The molecule has 3 rings (SSSR count). The van der Waals surface area contributed by atoms with Gasteiger partial charge in [0, 0.05) is 23.7 Å². The summed E-state index contributed by atoms with van der Waals surface area (Å²) in [6.07, 6.45) is 1.85. The number of hydrogen-bond acceptors (Lipinski definition) is 3. The van der Waals surface area contributed by atoms with Crippen molar-refractivity contribution >= 4 is 52.3 Å². The highest BCUT2D eigenvalue weighted by Gasteiger charge is 2.29. The molecule has 0 aliphatic heterocycles. The van der Waals surface area contributed by atoms with Crippen molar-refractivity contribution in [3.63, 3.8) is 0 Å². The molecule has 2 N–H and O–H groups in total. The van der Waals surface area contributed by atoms with Gasteiger partial charge in [0.05, 0.1) is 15.7 Å². The minimum Gasteiger partial charge on any atom is -0.330 e. The predicted octanol–water partition coefficient (Wildman–Crippen LogP) is 4.44. The molecule has 3 amide bonds. The lowest BCUT2D eigenvalue weighted by molar-refractivity contribution is -0.117. The molecule has 1 saturated carbocycles. The zero-order valence-electron chi connectivity index (χ0n) is 15.9. The maximum absolute atomic E-state index is 12.8. The van der Waals surface area contributed by atoms with Gasteiger partial charge in [-0.25, -0.2) is 0 Å². The summed E-state index contributed by atoms with van der Waals surface area (Å²) in [5.41, 5.74) is 1.40. The third-order valence-electron chi connectivity index (χ3n) is 4.58. The van der Waals surface area contributed by atoms with Gasteiger partial charge in [-0.1, -0.05) is 29.3 Å². The fourth-order valence-electron chi connectivity index (χ4n) is 2.77. The largest absolute Gasteiger partial charge is 0.330 e. The minimum absolute atomic E-state index is 0.00849.